The van der Waals surface area contributed by atoms with Crippen molar-refractivity contribution in [1.82, 2.24) is 0 Å². The highest BCUT2D eigenvalue weighted by Crippen LogP contribution is 2.48. The van der Waals surface area contributed by atoms with E-state index < -0.39 is 5.97 Å². The number of ether oxygens (including phenoxy) is 6. The Morgan fingerprint density at radius 1 is 0.694 bits per heavy atom. The lowest BCUT2D eigenvalue weighted by Crippen LogP contribution is -2.39. The van der Waals surface area contributed by atoms with Crippen LogP contribution in [0.4, 0.5) is 0 Å². The van der Waals surface area contributed by atoms with Crippen molar-refractivity contribution in [2.75, 3.05) is 52.9 Å². The first kappa shape index (κ1) is 30.7. The first-order valence-corrected chi connectivity index (χ1v) is 13.6. The normalized spacial score (nSPS) is 24.8. The molecule has 0 unspecified atom stereocenters. The molecule has 36 heavy (non-hydrogen) atoms. The van der Waals surface area contributed by atoms with Crippen LogP contribution in [0.2, 0.25) is 0 Å². The van der Waals surface area contributed by atoms with Crippen LogP contribution >= 0.6 is 0 Å². The van der Waals surface area contributed by atoms with E-state index in [4.69, 9.17) is 28.4 Å². The van der Waals surface area contributed by atoms with E-state index in [0.29, 0.717) is 63.9 Å². The quantitative estimate of drug-likeness (QED) is 0.160. The minimum absolute atomic E-state index is 0.243. The monoisotopic (exact) mass is 512 g/mol. The fourth-order valence-corrected chi connectivity index (χ4v) is 5.54. The van der Waals surface area contributed by atoms with Gasteiger partial charge < -0.3 is 28.4 Å². The van der Waals surface area contributed by atoms with Crippen molar-refractivity contribution in [3.05, 3.63) is 12.7 Å². The number of hydrogen-bond donors (Lipinski definition) is 0. The molecule has 0 saturated heterocycles. The molecule has 2 aliphatic rings. The van der Waals surface area contributed by atoms with Crippen molar-refractivity contribution >= 4 is 11.9 Å². The van der Waals surface area contributed by atoms with Gasteiger partial charge in [0.05, 0.1) is 51.8 Å². The molecule has 0 aliphatic heterocycles. The molecular formula is C28H48O8. The lowest BCUT2D eigenvalue weighted by molar-refractivity contribution is -0.142. The van der Waals surface area contributed by atoms with Gasteiger partial charge in [0.15, 0.2) is 0 Å². The molecule has 0 aromatic carbocycles. The van der Waals surface area contributed by atoms with Gasteiger partial charge in [-0.05, 0) is 68.6 Å². The third-order valence-corrected chi connectivity index (χ3v) is 7.79. The van der Waals surface area contributed by atoms with E-state index in [1.54, 1.807) is 0 Å². The highest BCUT2D eigenvalue weighted by Gasteiger charge is 2.40. The zero-order valence-corrected chi connectivity index (χ0v) is 22.7. The van der Waals surface area contributed by atoms with Crippen molar-refractivity contribution in [1.29, 1.82) is 0 Å². The van der Waals surface area contributed by atoms with Crippen molar-refractivity contribution in [3.63, 3.8) is 0 Å². The van der Waals surface area contributed by atoms with Crippen LogP contribution in [0.1, 0.15) is 72.1 Å². The predicted octanol–water partition coefficient (Wildman–Crippen LogP) is 4.49. The smallest absolute Gasteiger partial charge is 0.330 e. The van der Waals surface area contributed by atoms with Crippen LogP contribution in [0, 0.1) is 17.3 Å². The minimum atomic E-state index is -0.424. The van der Waals surface area contributed by atoms with Crippen molar-refractivity contribution in [2.24, 2.45) is 17.3 Å². The van der Waals surface area contributed by atoms with Crippen LogP contribution < -0.4 is 0 Å². The highest BCUT2D eigenvalue weighted by atomic mass is 16.6. The lowest BCUT2D eigenvalue weighted by atomic mass is 9.60. The Morgan fingerprint density at radius 2 is 1.11 bits per heavy atom. The fraction of sp³-hybridized carbons (Fsp3) is 0.857. The van der Waals surface area contributed by atoms with E-state index in [1.807, 2.05) is 0 Å². The van der Waals surface area contributed by atoms with Crippen molar-refractivity contribution in [3.8, 4) is 0 Å². The van der Waals surface area contributed by atoms with E-state index in [9.17, 15) is 9.59 Å². The van der Waals surface area contributed by atoms with Gasteiger partial charge in [-0.2, -0.15) is 0 Å². The second kappa shape index (κ2) is 17.1. The summed E-state index contributed by atoms with van der Waals surface area (Å²) in [5.74, 6) is 0.775. The standard InChI is InChI=1S/C28H48O8/c1-5-27(30)36-21-17-32-16-20-35-26-12-8-24(9-13-26)28(3,4)23-6-10-25(11-7-23)34-19-15-31-14-18-33-22(2)29/h5,23-26H,1,6-21H2,2-4H3. The average Bonchev–Trinajstić information content (AvgIpc) is 2.87. The van der Waals surface area contributed by atoms with Crippen molar-refractivity contribution in [2.45, 2.75) is 84.3 Å². The first-order valence-electron chi connectivity index (χ1n) is 13.6. The maximum Gasteiger partial charge on any atom is 0.330 e. The van der Waals surface area contributed by atoms with Gasteiger partial charge in [-0.15, -0.1) is 0 Å². The molecule has 2 rings (SSSR count). The zero-order valence-electron chi connectivity index (χ0n) is 22.7. The Kier molecular flexibility index (Phi) is 14.6. The van der Waals surface area contributed by atoms with Crippen LogP contribution in [0.25, 0.3) is 0 Å². The van der Waals surface area contributed by atoms with Crippen LogP contribution in [0.5, 0.6) is 0 Å². The number of esters is 2. The third-order valence-electron chi connectivity index (χ3n) is 7.79. The van der Waals surface area contributed by atoms with E-state index in [2.05, 4.69) is 20.4 Å². The number of hydrogen-bond acceptors (Lipinski definition) is 8. The molecule has 0 heterocycles. The number of carbonyl (C=O) groups excluding carboxylic acids is 2. The second-order valence-electron chi connectivity index (χ2n) is 10.4. The largest absolute Gasteiger partial charge is 0.463 e. The molecule has 208 valence electrons. The van der Waals surface area contributed by atoms with E-state index in [0.717, 1.165) is 43.6 Å². The topological polar surface area (TPSA) is 89.5 Å². The molecule has 0 aromatic rings. The Labute approximate surface area is 217 Å². The minimum Gasteiger partial charge on any atom is -0.463 e. The van der Waals surface area contributed by atoms with Gasteiger partial charge >= 0.3 is 11.9 Å². The van der Waals surface area contributed by atoms with Crippen LogP contribution in [-0.4, -0.2) is 77.0 Å². The molecule has 8 nitrogen and oxygen atoms in total. The van der Waals surface area contributed by atoms with Gasteiger partial charge in [0.25, 0.3) is 0 Å². The summed E-state index contributed by atoms with van der Waals surface area (Å²) in [6, 6.07) is 0. The molecular weight excluding hydrogens is 464 g/mol. The zero-order chi connectivity index (χ0) is 26.2. The summed E-state index contributed by atoms with van der Waals surface area (Å²) in [4.78, 5) is 21.7. The second-order valence-corrected chi connectivity index (χ2v) is 10.4. The van der Waals surface area contributed by atoms with Crippen LogP contribution in [0.15, 0.2) is 12.7 Å². The Balaban J connectivity index is 1.53. The van der Waals surface area contributed by atoms with Gasteiger partial charge in [-0.25, -0.2) is 4.79 Å². The maximum absolute atomic E-state index is 11.0. The molecule has 0 bridgehead atoms. The van der Waals surface area contributed by atoms with Gasteiger partial charge in [-0.3, -0.25) is 4.79 Å². The van der Waals surface area contributed by atoms with Gasteiger partial charge in [-0.1, -0.05) is 20.4 Å². The molecule has 0 spiro atoms. The summed E-state index contributed by atoms with van der Waals surface area (Å²) in [7, 11) is 0. The van der Waals surface area contributed by atoms with Gasteiger partial charge in [0, 0.05) is 13.0 Å². The summed E-state index contributed by atoms with van der Waals surface area (Å²) < 4.78 is 32.7. The van der Waals surface area contributed by atoms with Crippen LogP contribution in [-0.2, 0) is 38.0 Å². The van der Waals surface area contributed by atoms with Gasteiger partial charge in [0.1, 0.15) is 13.2 Å². The molecule has 0 aromatic heterocycles. The average molecular weight is 513 g/mol. The van der Waals surface area contributed by atoms with Crippen LogP contribution in [0.3, 0.4) is 0 Å². The van der Waals surface area contributed by atoms with Crippen molar-refractivity contribution < 1.29 is 38.0 Å². The lowest BCUT2D eigenvalue weighted by Gasteiger charge is -2.46. The SMILES string of the molecule is C=CC(=O)OCCOCCOC1CCC(C(C)(C)C2CCC(OCCOCCOC(C)=O)CC2)CC1. The molecule has 0 radical (unpaired) electrons. The van der Waals surface area contributed by atoms with E-state index in [-0.39, 0.29) is 12.6 Å². The molecule has 0 atom stereocenters. The van der Waals surface area contributed by atoms with Gasteiger partial charge in [0.2, 0.25) is 0 Å². The number of rotatable bonds is 17. The Hall–Kier alpha value is -1.48. The first-order chi connectivity index (χ1) is 17.3. The summed E-state index contributed by atoms with van der Waals surface area (Å²) in [5, 5.41) is 0. The summed E-state index contributed by atoms with van der Waals surface area (Å²) >= 11 is 0. The Bertz CT molecular complexity index is 633. The number of carbonyl (C=O) groups is 2. The molecule has 0 N–H and O–H groups in total. The third kappa shape index (κ3) is 11.7. The van der Waals surface area contributed by atoms with E-state index >= 15 is 0 Å². The molecule has 2 fully saturated rings. The molecule has 2 aliphatic carbocycles. The summed E-state index contributed by atoms with van der Waals surface area (Å²) in [6.07, 6.45) is 11.1. The Morgan fingerprint density at radius 3 is 1.53 bits per heavy atom. The maximum atomic E-state index is 11.0. The fourth-order valence-electron chi connectivity index (χ4n) is 5.54. The van der Waals surface area contributed by atoms with E-state index in [1.165, 1.54) is 32.6 Å². The summed E-state index contributed by atoms with van der Waals surface area (Å²) in [6.45, 7) is 13.3. The predicted molar refractivity (Wildman–Crippen MR) is 137 cm³/mol. The summed E-state index contributed by atoms with van der Waals surface area (Å²) in [5.41, 5.74) is 0.335. The molecule has 0 amide bonds. The molecule has 2 saturated carbocycles. The highest BCUT2D eigenvalue weighted by molar-refractivity contribution is 5.81. The molecule has 8 heteroatoms.